The van der Waals surface area contributed by atoms with Crippen LogP contribution in [0.4, 0.5) is 5.69 Å². The molecule has 184 valence electrons. The van der Waals surface area contributed by atoms with Gasteiger partial charge in [-0.25, -0.2) is 0 Å². The molecule has 1 N–H and O–H groups in total. The van der Waals surface area contributed by atoms with E-state index in [1.165, 1.54) is 30.9 Å². The molecule has 0 aromatic heterocycles. The highest BCUT2D eigenvalue weighted by Crippen LogP contribution is 2.36. The average Bonchev–Trinajstić information content (AvgIpc) is 2.93. The molecule has 37 heavy (non-hydrogen) atoms. The summed E-state index contributed by atoms with van der Waals surface area (Å²) in [4.78, 5) is 39.5. The van der Waals surface area contributed by atoms with Crippen molar-refractivity contribution in [2.75, 3.05) is 5.32 Å². The van der Waals surface area contributed by atoms with Gasteiger partial charge in [0.15, 0.2) is 11.6 Å². The van der Waals surface area contributed by atoms with Gasteiger partial charge in [-0.15, -0.1) is 0 Å². The number of benzene rings is 4. The lowest BCUT2D eigenvalue weighted by Crippen LogP contribution is -2.24. The number of hydrogen-bond donors (Lipinski definition) is 1. The van der Waals surface area contributed by atoms with Crippen LogP contribution in [0.3, 0.4) is 0 Å². The minimum atomic E-state index is -0.374. The average molecular weight is 508 g/mol. The molecule has 0 saturated carbocycles. The molecule has 0 fully saturated rings. The second-order valence-electron chi connectivity index (χ2n) is 9.23. The van der Waals surface area contributed by atoms with Gasteiger partial charge in [-0.1, -0.05) is 92.0 Å². The molecule has 1 aliphatic carbocycles. The lowest BCUT2D eigenvalue weighted by molar-refractivity contribution is 0.0978. The lowest BCUT2D eigenvalue weighted by atomic mass is 9.83. The molecule has 0 unspecified atom stereocenters. The first-order chi connectivity index (χ1) is 18.0. The van der Waals surface area contributed by atoms with Crippen molar-refractivity contribution in [3.05, 3.63) is 123 Å². The molecule has 0 bridgehead atoms. The summed E-state index contributed by atoms with van der Waals surface area (Å²) >= 11 is 6.33. The zero-order valence-corrected chi connectivity index (χ0v) is 21.3. The van der Waals surface area contributed by atoms with Crippen molar-refractivity contribution in [3.63, 3.8) is 0 Å². The first kappa shape index (κ1) is 24.7. The van der Waals surface area contributed by atoms with E-state index in [-0.39, 0.29) is 39.3 Å². The summed E-state index contributed by atoms with van der Waals surface area (Å²) in [5.74, 6) is -1.04. The number of carbonyl (C=O) groups is 3. The van der Waals surface area contributed by atoms with E-state index in [0.29, 0.717) is 16.7 Å². The Morgan fingerprint density at radius 3 is 1.95 bits per heavy atom. The van der Waals surface area contributed by atoms with Gasteiger partial charge in [0.25, 0.3) is 5.91 Å². The Labute approximate surface area is 221 Å². The van der Waals surface area contributed by atoms with Gasteiger partial charge in [0.2, 0.25) is 0 Å². The smallest absolute Gasteiger partial charge is 0.255 e. The van der Waals surface area contributed by atoms with Crippen molar-refractivity contribution in [2.45, 2.75) is 32.6 Å². The van der Waals surface area contributed by atoms with Crippen molar-refractivity contribution in [1.29, 1.82) is 0 Å². The predicted molar refractivity (Wildman–Crippen MR) is 148 cm³/mol. The third-order valence-corrected chi connectivity index (χ3v) is 7.09. The minimum absolute atomic E-state index is 0.122. The molecule has 0 heterocycles. The lowest BCUT2D eigenvalue weighted by Gasteiger charge is -2.21. The van der Waals surface area contributed by atoms with Crippen LogP contribution in [0.5, 0.6) is 0 Å². The Morgan fingerprint density at radius 1 is 0.730 bits per heavy atom. The third-order valence-electron chi connectivity index (χ3n) is 6.78. The second-order valence-corrected chi connectivity index (χ2v) is 9.64. The molecule has 0 spiro atoms. The van der Waals surface area contributed by atoms with Crippen LogP contribution in [0.1, 0.15) is 74.0 Å². The van der Waals surface area contributed by atoms with Gasteiger partial charge >= 0.3 is 0 Å². The first-order valence-electron chi connectivity index (χ1n) is 12.5. The van der Waals surface area contributed by atoms with Crippen LogP contribution < -0.4 is 5.32 Å². The molecular formula is C32H26ClNO3. The summed E-state index contributed by atoms with van der Waals surface area (Å²) in [5, 5.41) is 3.00. The molecule has 4 nitrogen and oxygen atoms in total. The highest BCUT2D eigenvalue weighted by atomic mass is 35.5. The number of nitrogens with one attached hydrogen (secondary N) is 1. The van der Waals surface area contributed by atoms with E-state index < -0.39 is 0 Å². The number of fused-ring (bicyclic) bond motifs is 2. The normalized spacial score (nSPS) is 12.2. The van der Waals surface area contributed by atoms with Gasteiger partial charge in [-0.3, -0.25) is 14.4 Å². The standard InChI is InChI=1S/C32H26ClNO3/c1-2-3-4-7-20-10-12-21(13-11-20)22-14-16-23(17-15-22)32(37)34-27-19-18-26(33)28-29(27)31(36)25-9-6-5-8-24(25)30(28)35/h5-6,8-19H,2-4,7H2,1H3,(H,34,37). The van der Waals surface area contributed by atoms with Crippen LogP contribution in [-0.2, 0) is 6.42 Å². The molecule has 0 aliphatic heterocycles. The van der Waals surface area contributed by atoms with Gasteiger partial charge < -0.3 is 5.32 Å². The number of amides is 1. The van der Waals surface area contributed by atoms with Crippen LogP contribution in [-0.4, -0.2) is 17.5 Å². The number of rotatable bonds is 7. The molecule has 4 aromatic carbocycles. The maximum absolute atomic E-state index is 13.3. The van der Waals surface area contributed by atoms with Crippen LogP contribution in [0.15, 0.2) is 84.9 Å². The Balaban J connectivity index is 1.36. The summed E-state index contributed by atoms with van der Waals surface area (Å²) in [5.41, 5.74) is 5.00. The number of ketones is 2. The van der Waals surface area contributed by atoms with Crippen molar-refractivity contribution < 1.29 is 14.4 Å². The van der Waals surface area contributed by atoms with E-state index in [4.69, 9.17) is 11.6 Å². The zero-order chi connectivity index (χ0) is 25.9. The number of hydrogen-bond acceptors (Lipinski definition) is 3. The fraction of sp³-hybridized carbons (Fsp3) is 0.156. The monoisotopic (exact) mass is 507 g/mol. The van der Waals surface area contributed by atoms with Gasteiger partial charge in [0.1, 0.15) is 0 Å². The summed E-state index contributed by atoms with van der Waals surface area (Å²) in [6.07, 6.45) is 4.73. The molecule has 4 aromatic rings. The highest BCUT2D eigenvalue weighted by Gasteiger charge is 2.33. The maximum atomic E-state index is 13.3. The third kappa shape index (κ3) is 4.85. The van der Waals surface area contributed by atoms with E-state index in [2.05, 4.69) is 36.5 Å². The second kappa shape index (κ2) is 10.5. The molecule has 0 saturated heterocycles. The van der Waals surface area contributed by atoms with E-state index >= 15 is 0 Å². The molecule has 1 amide bonds. The Kier molecular flexibility index (Phi) is 7.02. The Bertz CT molecular complexity index is 1500. The van der Waals surface area contributed by atoms with Crippen molar-refractivity contribution >= 4 is 34.8 Å². The van der Waals surface area contributed by atoms with E-state index in [1.807, 2.05) is 12.1 Å². The number of aryl methyl sites for hydroxylation is 1. The quantitative estimate of drug-likeness (QED) is 0.229. The Morgan fingerprint density at radius 2 is 1.32 bits per heavy atom. The zero-order valence-electron chi connectivity index (χ0n) is 20.5. The number of carbonyl (C=O) groups excluding carboxylic acids is 3. The van der Waals surface area contributed by atoms with Crippen LogP contribution >= 0.6 is 11.6 Å². The molecule has 0 radical (unpaired) electrons. The summed E-state index contributed by atoms with van der Waals surface area (Å²) in [7, 11) is 0. The van der Waals surface area contributed by atoms with E-state index in [9.17, 15) is 14.4 Å². The summed E-state index contributed by atoms with van der Waals surface area (Å²) in [6.45, 7) is 2.20. The molecular weight excluding hydrogens is 482 g/mol. The molecule has 5 heteroatoms. The summed E-state index contributed by atoms with van der Waals surface area (Å²) < 4.78 is 0. The SMILES string of the molecule is CCCCCc1ccc(-c2ccc(C(=O)Nc3ccc(Cl)c4c3C(=O)c3ccccc3C4=O)cc2)cc1. The van der Waals surface area contributed by atoms with E-state index in [1.54, 1.807) is 42.5 Å². The van der Waals surface area contributed by atoms with Crippen LogP contribution in [0.25, 0.3) is 11.1 Å². The topological polar surface area (TPSA) is 63.2 Å². The number of unbranched alkanes of at least 4 members (excludes halogenated alkanes) is 2. The van der Waals surface area contributed by atoms with Gasteiger partial charge in [0.05, 0.1) is 21.8 Å². The van der Waals surface area contributed by atoms with Gasteiger partial charge in [0, 0.05) is 16.7 Å². The van der Waals surface area contributed by atoms with Crippen LogP contribution in [0.2, 0.25) is 5.02 Å². The molecule has 1 aliphatic rings. The Hall–Kier alpha value is -4.02. The van der Waals surface area contributed by atoms with Crippen molar-refractivity contribution in [2.24, 2.45) is 0 Å². The minimum Gasteiger partial charge on any atom is -0.321 e. The maximum Gasteiger partial charge on any atom is 0.255 e. The first-order valence-corrected chi connectivity index (χ1v) is 12.9. The molecule has 5 rings (SSSR count). The van der Waals surface area contributed by atoms with Crippen molar-refractivity contribution in [3.8, 4) is 11.1 Å². The van der Waals surface area contributed by atoms with E-state index in [0.717, 1.165) is 17.5 Å². The molecule has 0 atom stereocenters. The number of halogens is 1. The van der Waals surface area contributed by atoms with Gasteiger partial charge in [-0.2, -0.15) is 0 Å². The fourth-order valence-electron chi connectivity index (χ4n) is 4.74. The van der Waals surface area contributed by atoms with Crippen LogP contribution in [0, 0.1) is 0 Å². The number of anilines is 1. The van der Waals surface area contributed by atoms with Crippen molar-refractivity contribution in [1.82, 2.24) is 0 Å². The summed E-state index contributed by atoms with van der Waals surface area (Å²) in [6, 6.07) is 25.6. The predicted octanol–water partition coefficient (Wildman–Crippen LogP) is 7.77. The highest BCUT2D eigenvalue weighted by molar-refractivity contribution is 6.40. The largest absolute Gasteiger partial charge is 0.321 e. The van der Waals surface area contributed by atoms with Gasteiger partial charge in [-0.05, 0) is 53.8 Å². The fourth-order valence-corrected chi connectivity index (χ4v) is 4.98.